The Balaban J connectivity index is 1.59. The van der Waals surface area contributed by atoms with Crippen molar-refractivity contribution in [2.75, 3.05) is 0 Å². The molecule has 0 fully saturated rings. The second-order valence-electron chi connectivity index (χ2n) is 12.3. The van der Waals surface area contributed by atoms with Crippen LogP contribution in [0.15, 0.2) is 36.4 Å². The second-order valence-corrected chi connectivity index (χ2v) is 14.8. The highest BCUT2D eigenvalue weighted by Crippen LogP contribution is 2.54. The lowest BCUT2D eigenvalue weighted by molar-refractivity contribution is 0.396. The summed E-state index contributed by atoms with van der Waals surface area (Å²) >= 11 is 5.08. The Morgan fingerprint density at radius 3 is 1.08 bits per heavy atom. The Labute approximate surface area is 269 Å². The normalized spacial score (nSPS) is 13.5. The van der Waals surface area contributed by atoms with Gasteiger partial charge in [0.25, 0.3) is 0 Å². The van der Waals surface area contributed by atoms with Gasteiger partial charge >= 0.3 is 0 Å². The van der Waals surface area contributed by atoms with E-state index in [2.05, 4.69) is 95.4 Å². The van der Waals surface area contributed by atoms with E-state index in [0.717, 1.165) is 0 Å². The Bertz CT molecular complexity index is 869. The zero-order chi connectivity index (χ0) is 27.8. The van der Waals surface area contributed by atoms with Crippen molar-refractivity contribution in [3.05, 3.63) is 54.7 Å². The van der Waals surface area contributed by atoms with Crippen LogP contribution in [0.2, 0.25) is 0 Å². The van der Waals surface area contributed by atoms with Crippen molar-refractivity contribution in [3.63, 3.8) is 0 Å². The fourth-order valence-electron chi connectivity index (χ4n) is 6.93. The first-order valence-electron chi connectivity index (χ1n) is 16.7. The van der Waals surface area contributed by atoms with Crippen LogP contribution in [0.1, 0.15) is 166 Å². The van der Waals surface area contributed by atoms with Crippen LogP contribution in [0.4, 0.5) is 0 Å². The van der Waals surface area contributed by atoms with Crippen LogP contribution in [0, 0.1) is 7.14 Å². The minimum absolute atomic E-state index is 0.216. The van der Waals surface area contributed by atoms with E-state index in [0.29, 0.717) is 0 Å². The predicted octanol–water partition coefficient (Wildman–Crippen LogP) is 13.8. The van der Waals surface area contributed by atoms with Gasteiger partial charge in [0.1, 0.15) is 0 Å². The molecule has 0 saturated heterocycles. The van der Waals surface area contributed by atoms with Gasteiger partial charge in [-0.15, -0.1) is 0 Å². The summed E-state index contributed by atoms with van der Waals surface area (Å²) in [4.78, 5) is 0. The summed E-state index contributed by atoms with van der Waals surface area (Å²) in [6, 6.07) is 14.5. The monoisotopic (exact) mass is 754 g/mol. The molecule has 2 aromatic carbocycles. The first-order chi connectivity index (χ1) is 19.1. The molecule has 0 bridgehead atoms. The van der Waals surface area contributed by atoms with Crippen LogP contribution < -0.4 is 0 Å². The maximum Gasteiger partial charge on any atom is 0.0216 e. The summed E-state index contributed by atoms with van der Waals surface area (Å²) < 4.78 is 2.79. The molecule has 0 saturated carbocycles. The van der Waals surface area contributed by atoms with Gasteiger partial charge in [0.15, 0.2) is 0 Å². The molecule has 0 radical (unpaired) electrons. The van der Waals surface area contributed by atoms with E-state index in [1.807, 2.05) is 0 Å². The van der Waals surface area contributed by atoms with E-state index in [1.54, 1.807) is 11.1 Å². The van der Waals surface area contributed by atoms with Gasteiger partial charge in [-0.1, -0.05) is 154 Å². The summed E-state index contributed by atoms with van der Waals surface area (Å²) in [5.41, 5.74) is 6.52. The maximum atomic E-state index is 2.54. The largest absolute Gasteiger partial charge is 0.0654 e. The van der Waals surface area contributed by atoms with Crippen molar-refractivity contribution in [1.82, 2.24) is 0 Å². The zero-order valence-corrected chi connectivity index (χ0v) is 29.6. The first-order valence-corrected chi connectivity index (χ1v) is 18.9. The minimum atomic E-state index is 0.216. The number of benzene rings is 2. The molecule has 0 amide bonds. The molecular weight excluding hydrogens is 698 g/mol. The molecule has 0 aliphatic heterocycles. The third kappa shape index (κ3) is 10.6. The second kappa shape index (κ2) is 19.2. The summed E-state index contributed by atoms with van der Waals surface area (Å²) in [6.07, 6.45) is 30.9. The smallest absolute Gasteiger partial charge is 0.0216 e. The van der Waals surface area contributed by atoms with Crippen molar-refractivity contribution < 1.29 is 0 Å². The van der Waals surface area contributed by atoms with Crippen LogP contribution in [0.25, 0.3) is 11.1 Å². The van der Waals surface area contributed by atoms with E-state index in [-0.39, 0.29) is 5.41 Å². The number of unbranched alkanes of at least 4 members (excludes halogenated alkanes) is 18. The number of hydrogen-bond acceptors (Lipinski definition) is 0. The summed E-state index contributed by atoms with van der Waals surface area (Å²) in [5.74, 6) is 0. The number of halogens is 2. The van der Waals surface area contributed by atoms with Crippen molar-refractivity contribution in [1.29, 1.82) is 0 Å². The lowest BCUT2D eigenvalue weighted by Gasteiger charge is -2.33. The van der Waals surface area contributed by atoms with Gasteiger partial charge in [-0.3, -0.25) is 0 Å². The van der Waals surface area contributed by atoms with Gasteiger partial charge in [-0.05, 0) is 105 Å². The average molecular weight is 755 g/mol. The number of rotatable bonds is 22. The highest BCUT2D eigenvalue weighted by molar-refractivity contribution is 14.1. The molecule has 0 N–H and O–H groups in total. The molecular formula is C37H56I2. The van der Waals surface area contributed by atoms with Gasteiger partial charge in [-0.2, -0.15) is 0 Å². The van der Waals surface area contributed by atoms with E-state index in [1.165, 1.54) is 160 Å². The van der Waals surface area contributed by atoms with Crippen LogP contribution in [-0.2, 0) is 5.41 Å². The Hall–Kier alpha value is -0.100. The van der Waals surface area contributed by atoms with E-state index >= 15 is 0 Å². The third-order valence-electron chi connectivity index (χ3n) is 9.20. The topological polar surface area (TPSA) is 0 Å². The molecule has 0 nitrogen and oxygen atoms in total. The van der Waals surface area contributed by atoms with E-state index < -0.39 is 0 Å². The van der Waals surface area contributed by atoms with E-state index in [4.69, 9.17) is 0 Å². The maximum absolute atomic E-state index is 2.54. The van der Waals surface area contributed by atoms with Crippen molar-refractivity contribution in [3.8, 4) is 11.1 Å². The zero-order valence-electron chi connectivity index (χ0n) is 25.3. The van der Waals surface area contributed by atoms with Crippen LogP contribution >= 0.6 is 45.2 Å². The van der Waals surface area contributed by atoms with Crippen molar-refractivity contribution >= 4 is 45.2 Å². The van der Waals surface area contributed by atoms with Crippen LogP contribution in [-0.4, -0.2) is 0 Å². The molecule has 0 spiro atoms. The summed E-state index contributed by atoms with van der Waals surface area (Å²) in [6.45, 7) is 4.62. The SMILES string of the molecule is CCCCCCCCCCCCC1(CCCCCCCCCCCC)c2cc(I)ccc2-c2ccc(I)cc21. The van der Waals surface area contributed by atoms with Gasteiger partial charge in [0.2, 0.25) is 0 Å². The van der Waals surface area contributed by atoms with Gasteiger partial charge in [-0.25, -0.2) is 0 Å². The number of hydrogen-bond donors (Lipinski definition) is 0. The van der Waals surface area contributed by atoms with Gasteiger partial charge in [0.05, 0.1) is 0 Å². The molecule has 3 rings (SSSR count). The fraction of sp³-hybridized carbons (Fsp3) is 0.676. The third-order valence-corrected chi connectivity index (χ3v) is 10.5. The quantitative estimate of drug-likeness (QED) is 0.0830. The lowest BCUT2D eigenvalue weighted by atomic mass is 9.70. The van der Waals surface area contributed by atoms with Crippen molar-refractivity contribution in [2.24, 2.45) is 0 Å². The Morgan fingerprint density at radius 2 is 0.744 bits per heavy atom. The van der Waals surface area contributed by atoms with Gasteiger partial charge in [0, 0.05) is 12.6 Å². The average Bonchev–Trinajstić information content (AvgIpc) is 3.19. The highest BCUT2D eigenvalue weighted by atomic mass is 127. The molecule has 39 heavy (non-hydrogen) atoms. The fourth-order valence-corrected chi connectivity index (χ4v) is 7.91. The standard InChI is InChI=1S/C37H56I2/c1-3-5-7-9-11-13-15-17-19-21-27-37(28-22-20-18-16-14-12-10-8-6-4-2)35-29-31(38)23-25-33(35)34-26-24-32(39)30-36(34)37/h23-26,29-30H,3-22,27-28H2,1-2H3. The lowest BCUT2D eigenvalue weighted by Crippen LogP contribution is -2.25. The van der Waals surface area contributed by atoms with Crippen LogP contribution in [0.5, 0.6) is 0 Å². The van der Waals surface area contributed by atoms with Crippen LogP contribution in [0.3, 0.4) is 0 Å². The van der Waals surface area contributed by atoms with Crippen molar-refractivity contribution in [2.45, 2.75) is 161 Å². The Morgan fingerprint density at radius 1 is 0.436 bits per heavy atom. The molecule has 1 aliphatic rings. The Kier molecular flexibility index (Phi) is 16.4. The molecule has 0 heterocycles. The predicted molar refractivity (Wildman–Crippen MR) is 191 cm³/mol. The molecule has 2 aromatic rings. The molecule has 0 aromatic heterocycles. The minimum Gasteiger partial charge on any atom is -0.0654 e. The molecule has 0 atom stereocenters. The molecule has 0 unspecified atom stereocenters. The molecule has 218 valence electrons. The highest BCUT2D eigenvalue weighted by Gasteiger charge is 2.42. The van der Waals surface area contributed by atoms with E-state index in [9.17, 15) is 0 Å². The molecule has 1 aliphatic carbocycles. The van der Waals surface area contributed by atoms with Gasteiger partial charge < -0.3 is 0 Å². The first kappa shape index (κ1) is 33.4. The summed E-state index contributed by atoms with van der Waals surface area (Å²) in [7, 11) is 0. The number of fused-ring (bicyclic) bond motifs is 3. The summed E-state index contributed by atoms with van der Waals surface area (Å²) in [5, 5.41) is 0. The molecule has 2 heteroatoms.